The van der Waals surface area contributed by atoms with Gasteiger partial charge in [-0.15, -0.1) is 0 Å². The van der Waals surface area contributed by atoms with Crippen molar-refractivity contribution in [1.82, 2.24) is 15.1 Å². The molecular weight excluding hydrogens is 362 g/mol. The molecule has 3 N–H and O–H groups in total. The van der Waals surface area contributed by atoms with E-state index in [1.165, 1.54) is 6.07 Å². The molecule has 1 amide bonds. The number of aromatic nitrogens is 2. The second kappa shape index (κ2) is 7.49. The van der Waals surface area contributed by atoms with Gasteiger partial charge in [-0.25, -0.2) is 0 Å². The monoisotopic (exact) mass is 383 g/mol. The van der Waals surface area contributed by atoms with Crippen molar-refractivity contribution in [3.05, 3.63) is 52.7 Å². The number of rotatable bonds is 6. The van der Waals surface area contributed by atoms with E-state index in [0.717, 1.165) is 16.5 Å². The molecule has 1 aliphatic rings. The van der Waals surface area contributed by atoms with Crippen molar-refractivity contribution in [2.75, 3.05) is 20.3 Å². The maximum Gasteiger partial charge on any atom is 0.258 e. The van der Waals surface area contributed by atoms with E-state index in [9.17, 15) is 9.90 Å². The number of ether oxygens (including phenoxy) is 2. The molecule has 146 valence electrons. The molecule has 0 spiro atoms. The van der Waals surface area contributed by atoms with Gasteiger partial charge in [0.25, 0.3) is 5.91 Å². The van der Waals surface area contributed by atoms with Crippen LogP contribution in [-0.4, -0.2) is 51.5 Å². The Morgan fingerprint density at radius 1 is 1.25 bits per heavy atom. The number of benzene rings is 2. The van der Waals surface area contributed by atoms with E-state index in [0.29, 0.717) is 36.7 Å². The predicted molar refractivity (Wildman–Crippen MR) is 101 cm³/mol. The van der Waals surface area contributed by atoms with Crippen LogP contribution in [0.15, 0.2) is 30.3 Å². The Kier molecular flexibility index (Phi) is 4.89. The first-order chi connectivity index (χ1) is 13.6. The van der Waals surface area contributed by atoms with Gasteiger partial charge in [0.05, 0.1) is 30.0 Å². The molecule has 2 heterocycles. The largest absolute Gasteiger partial charge is 0.507 e. The molecule has 8 nitrogen and oxygen atoms in total. The fourth-order valence-electron chi connectivity index (χ4n) is 3.46. The van der Waals surface area contributed by atoms with E-state index in [-0.39, 0.29) is 30.4 Å². The molecule has 0 aliphatic carbocycles. The van der Waals surface area contributed by atoms with Gasteiger partial charge < -0.3 is 24.6 Å². The number of phenols is 1. The molecule has 8 heteroatoms. The Morgan fingerprint density at radius 3 is 2.86 bits per heavy atom. The fraction of sp³-hybridized carbons (Fsp3) is 0.300. The van der Waals surface area contributed by atoms with Crippen molar-refractivity contribution >= 4 is 16.8 Å². The topological polar surface area (TPSA) is 108 Å². The number of aromatic hydroxyl groups is 1. The first kappa shape index (κ1) is 18.3. The van der Waals surface area contributed by atoms with Gasteiger partial charge in [0, 0.05) is 31.7 Å². The molecule has 0 unspecified atom stereocenters. The molecule has 28 heavy (non-hydrogen) atoms. The van der Waals surface area contributed by atoms with E-state index in [1.54, 1.807) is 18.1 Å². The van der Waals surface area contributed by atoms with Crippen LogP contribution in [0, 0.1) is 0 Å². The Labute approximate surface area is 161 Å². The van der Waals surface area contributed by atoms with Crippen LogP contribution in [-0.2, 0) is 24.4 Å². The van der Waals surface area contributed by atoms with Crippen LogP contribution in [0.5, 0.6) is 11.5 Å². The lowest BCUT2D eigenvalue weighted by Gasteiger charge is -2.16. The summed E-state index contributed by atoms with van der Waals surface area (Å²) in [6, 6.07) is 8.80. The summed E-state index contributed by atoms with van der Waals surface area (Å²) in [6.07, 6.45) is 0. The minimum Gasteiger partial charge on any atom is -0.507 e. The summed E-state index contributed by atoms with van der Waals surface area (Å²) in [4.78, 5) is 14.7. The third-order valence-electron chi connectivity index (χ3n) is 4.82. The van der Waals surface area contributed by atoms with Gasteiger partial charge in [-0.1, -0.05) is 6.07 Å². The van der Waals surface area contributed by atoms with E-state index in [1.807, 2.05) is 18.2 Å². The zero-order chi connectivity index (χ0) is 19.7. The molecule has 4 rings (SSSR count). The minimum atomic E-state index is -0.252. The first-order valence-electron chi connectivity index (χ1n) is 8.94. The molecule has 0 atom stereocenters. The first-order valence-corrected chi connectivity index (χ1v) is 8.94. The molecule has 3 aromatic rings. The van der Waals surface area contributed by atoms with Gasteiger partial charge >= 0.3 is 0 Å². The molecule has 1 aliphatic heterocycles. The highest BCUT2D eigenvalue weighted by Gasteiger charge is 2.27. The third kappa shape index (κ3) is 3.28. The summed E-state index contributed by atoms with van der Waals surface area (Å²) in [5.74, 6) is 0.319. The number of nitrogens with one attached hydrogen (secondary N) is 1. The molecule has 0 radical (unpaired) electrons. The Morgan fingerprint density at radius 2 is 2.07 bits per heavy atom. The highest BCUT2D eigenvalue weighted by molar-refractivity contribution is 6.01. The normalized spacial score (nSPS) is 13.1. The molecule has 2 aromatic carbocycles. The number of aliphatic hydroxyl groups is 1. The minimum absolute atomic E-state index is 0.0531. The van der Waals surface area contributed by atoms with Crippen LogP contribution in [0.1, 0.15) is 27.2 Å². The number of phenolic OH excluding ortho intramolecular Hbond substituents is 1. The maximum absolute atomic E-state index is 13.1. The maximum atomic E-state index is 13.1. The number of nitrogens with zero attached hydrogens (tertiary/aromatic N) is 2. The van der Waals surface area contributed by atoms with E-state index < -0.39 is 0 Å². The highest BCUT2D eigenvalue weighted by Crippen LogP contribution is 2.32. The predicted octanol–water partition coefficient (Wildman–Crippen LogP) is 1.94. The Bertz CT molecular complexity index is 1030. The fourth-order valence-corrected chi connectivity index (χ4v) is 3.46. The lowest BCUT2D eigenvalue weighted by Crippen LogP contribution is -2.25. The lowest BCUT2D eigenvalue weighted by atomic mass is 10.1. The second-order valence-electron chi connectivity index (χ2n) is 6.68. The number of hydrogen-bond donors (Lipinski definition) is 3. The molecule has 0 fully saturated rings. The smallest absolute Gasteiger partial charge is 0.258 e. The molecule has 0 saturated carbocycles. The highest BCUT2D eigenvalue weighted by atomic mass is 16.5. The number of aromatic amines is 1. The molecule has 0 bridgehead atoms. The standard InChI is InChI=1S/C20H21N3O5/c1-27-11-18-15-7-16(19(25)8-17(15)21-22-18)20(26)23-9-12-2-3-14(28-5-4-24)6-13(12)10-23/h2-3,6-8,24-25H,4-5,9-11H2,1H3,(H,21,22). The van der Waals surface area contributed by atoms with E-state index >= 15 is 0 Å². The average molecular weight is 383 g/mol. The second-order valence-corrected chi connectivity index (χ2v) is 6.68. The Hall–Kier alpha value is -3.10. The number of carbonyl (C=O) groups is 1. The SMILES string of the molecule is COCc1n[nH]c2cc(O)c(C(=O)N3Cc4ccc(OCCO)cc4C3)cc12. The van der Waals surface area contributed by atoms with Gasteiger partial charge in [0.15, 0.2) is 0 Å². The lowest BCUT2D eigenvalue weighted by molar-refractivity contribution is 0.0748. The number of carbonyl (C=O) groups excluding carboxylic acids is 1. The van der Waals surface area contributed by atoms with Gasteiger partial charge in [-0.05, 0) is 29.3 Å². The summed E-state index contributed by atoms with van der Waals surface area (Å²) in [7, 11) is 1.58. The van der Waals surface area contributed by atoms with E-state index in [2.05, 4.69) is 10.2 Å². The summed E-state index contributed by atoms with van der Waals surface area (Å²) in [6.45, 7) is 1.37. The van der Waals surface area contributed by atoms with Crippen LogP contribution in [0.3, 0.4) is 0 Å². The third-order valence-corrected chi connectivity index (χ3v) is 4.82. The zero-order valence-electron chi connectivity index (χ0n) is 15.4. The summed E-state index contributed by atoms with van der Waals surface area (Å²) in [5.41, 5.74) is 3.59. The van der Waals surface area contributed by atoms with Crippen molar-refractivity contribution < 1.29 is 24.5 Å². The zero-order valence-corrected chi connectivity index (χ0v) is 15.4. The quantitative estimate of drug-likeness (QED) is 0.600. The van der Waals surface area contributed by atoms with Crippen molar-refractivity contribution in [3.8, 4) is 11.5 Å². The van der Waals surface area contributed by atoms with Gasteiger partial charge in [0.1, 0.15) is 18.1 Å². The van der Waals surface area contributed by atoms with Crippen molar-refractivity contribution in [1.29, 1.82) is 0 Å². The number of hydrogen-bond acceptors (Lipinski definition) is 6. The number of methoxy groups -OCH3 is 1. The van der Waals surface area contributed by atoms with Crippen molar-refractivity contribution in [2.24, 2.45) is 0 Å². The van der Waals surface area contributed by atoms with Crippen LogP contribution in [0.25, 0.3) is 10.9 Å². The number of H-pyrrole nitrogens is 1. The molecule has 0 saturated heterocycles. The molecular formula is C20H21N3O5. The Balaban J connectivity index is 1.59. The van der Waals surface area contributed by atoms with Crippen molar-refractivity contribution in [2.45, 2.75) is 19.7 Å². The van der Waals surface area contributed by atoms with Gasteiger partial charge in [0.2, 0.25) is 0 Å². The molecule has 1 aromatic heterocycles. The average Bonchev–Trinajstić information content (AvgIpc) is 3.29. The van der Waals surface area contributed by atoms with Gasteiger partial charge in [-0.3, -0.25) is 9.89 Å². The summed E-state index contributed by atoms with van der Waals surface area (Å²) >= 11 is 0. The van der Waals surface area contributed by atoms with E-state index in [4.69, 9.17) is 14.6 Å². The summed E-state index contributed by atoms with van der Waals surface area (Å²) in [5, 5.41) is 27.0. The van der Waals surface area contributed by atoms with Crippen LogP contribution < -0.4 is 4.74 Å². The number of fused-ring (bicyclic) bond motifs is 2. The van der Waals surface area contributed by atoms with Gasteiger partial charge in [-0.2, -0.15) is 5.10 Å². The number of aliphatic hydroxyl groups excluding tert-OH is 1. The van der Waals surface area contributed by atoms with Crippen LogP contribution in [0.2, 0.25) is 0 Å². The summed E-state index contributed by atoms with van der Waals surface area (Å²) < 4.78 is 10.6. The van der Waals surface area contributed by atoms with Crippen LogP contribution >= 0.6 is 0 Å². The number of amides is 1. The van der Waals surface area contributed by atoms with Crippen molar-refractivity contribution in [3.63, 3.8) is 0 Å². The van der Waals surface area contributed by atoms with Crippen LogP contribution in [0.4, 0.5) is 0 Å².